The summed E-state index contributed by atoms with van der Waals surface area (Å²) in [6.07, 6.45) is 6.58. The second-order valence-corrected chi connectivity index (χ2v) is 12.3. The molecule has 1 saturated carbocycles. The van der Waals surface area contributed by atoms with E-state index in [-0.39, 0.29) is 0 Å². The summed E-state index contributed by atoms with van der Waals surface area (Å²) in [5.41, 5.74) is 7.42. The Hall–Kier alpha value is -0.580. The molecule has 2 saturated heterocycles. The molecule has 226 valence electrons. The highest BCUT2D eigenvalue weighted by atomic mass is 128. The van der Waals surface area contributed by atoms with Crippen LogP contribution in [0.15, 0.2) is 24.3 Å². The van der Waals surface area contributed by atoms with Gasteiger partial charge in [-0.05, 0) is 94.4 Å². The third kappa shape index (κ3) is 13.2. The number of benzene rings is 2. The molecule has 2 unspecified atom stereocenters. The fraction of sp³-hybridized carbons (Fsp3) is 0.647. The summed E-state index contributed by atoms with van der Waals surface area (Å²) in [5, 5.41) is 0. The van der Waals surface area contributed by atoms with Gasteiger partial charge in [0.2, 0.25) is 0 Å². The second kappa shape index (κ2) is 18.2. The van der Waals surface area contributed by atoms with Gasteiger partial charge in [0.25, 0.3) is 0 Å². The molecule has 0 aromatic heterocycles. The Morgan fingerprint density at radius 2 is 1.00 bits per heavy atom. The minimum Gasteiger partial charge on any atom is -0.490 e. The smallest absolute Gasteiger partial charge is 0.125 e. The van der Waals surface area contributed by atoms with E-state index in [2.05, 4.69) is 124 Å². The highest BCUT2D eigenvalue weighted by molar-refractivity contribution is 15.0. The molecule has 2 aromatic rings. The van der Waals surface area contributed by atoms with Crippen LogP contribution in [-0.2, 0) is 9.47 Å². The second-order valence-electron chi connectivity index (χ2n) is 12.3. The van der Waals surface area contributed by atoms with Crippen LogP contribution in [0.2, 0.25) is 0 Å². The molecule has 0 amide bonds. The van der Waals surface area contributed by atoms with E-state index in [9.17, 15) is 0 Å². The van der Waals surface area contributed by atoms with Gasteiger partial charge in [0, 0.05) is 37.2 Å². The molecule has 0 radical (unpaired) electrons. The zero-order valence-corrected chi connectivity index (χ0v) is 30.6. The number of hydrogen-bond donors (Lipinski definition) is 0. The van der Waals surface area contributed by atoms with E-state index in [0.29, 0.717) is 25.4 Å². The monoisotopic (exact) mass is 778 g/mol. The molecule has 2 aromatic carbocycles. The first-order chi connectivity index (χ1) is 19.0. The van der Waals surface area contributed by atoms with Crippen LogP contribution < -0.4 is 9.47 Å². The normalized spacial score (nSPS) is 22.5. The molecule has 3 aliphatic rings. The van der Waals surface area contributed by atoms with Crippen molar-refractivity contribution in [2.75, 3.05) is 26.4 Å². The predicted molar refractivity (Wildman–Crippen MR) is 186 cm³/mol. The van der Waals surface area contributed by atoms with E-state index < -0.39 is 0 Å². The molecule has 40 heavy (non-hydrogen) atoms. The quantitative estimate of drug-likeness (QED) is 0.208. The maximum Gasteiger partial charge on any atom is 0.125 e. The zero-order chi connectivity index (χ0) is 29.8. The van der Waals surface area contributed by atoms with Crippen LogP contribution in [0.5, 0.6) is 11.5 Å². The summed E-state index contributed by atoms with van der Waals surface area (Å²) in [6.45, 7) is 22.7. The van der Waals surface area contributed by atoms with Crippen LogP contribution >= 0.6 is 37.2 Å². The molecule has 6 heteroatoms. The largest absolute Gasteiger partial charge is 0.490 e. The van der Waals surface area contributed by atoms with Crippen LogP contribution in [-0.4, -0.2) is 38.6 Å². The first-order valence-electron chi connectivity index (χ1n) is 14.8. The Morgan fingerprint density at radius 1 is 0.675 bits per heavy atom. The van der Waals surface area contributed by atoms with Crippen LogP contribution in [0, 0.1) is 59.3 Å². The number of hydrogen-bond acceptors (Lipinski definition) is 4. The lowest BCUT2D eigenvalue weighted by atomic mass is 9.78. The fourth-order valence-electron chi connectivity index (χ4n) is 5.42. The lowest BCUT2D eigenvalue weighted by Gasteiger charge is -2.28. The van der Waals surface area contributed by atoms with Gasteiger partial charge in [-0.2, -0.15) is 0 Å². The van der Waals surface area contributed by atoms with E-state index in [4.69, 9.17) is 18.9 Å². The Bertz CT molecular complexity index is 907. The number of halogens is 2. The van der Waals surface area contributed by atoms with Gasteiger partial charge < -0.3 is 18.9 Å². The predicted octanol–water partition coefficient (Wildman–Crippen LogP) is 10.0. The summed E-state index contributed by atoms with van der Waals surface area (Å²) in [6, 6.07) is 8.60. The van der Waals surface area contributed by atoms with Gasteiger partial charge in [-0.3, -0.25) is 0 Å². The van der Waals surface area contributed by atoms with E-state index in [0.717, 1.165) is 42.5 Å². The lowest BCUT2D eigenvalue weighted by molar-refractivity contribution is 0.234. The molecule has 4 nitrogen and oxygen atoms in total. The van der Waals surface area contributed by atoms with Crippen LogP contribution in [0.3, 0.4) is 0 Å². The van der Waals surface area contributed by atoms with E-state index >= 15 is 0 Å². The molecule has 0 spiro atoms. The van der Waals surface area contributed by atoms with Gasteiger partial charge in [0.05, 0.1) is 13.2 Å². The molecular weight excluding hydrogens is 726 g/mol. The highest BCUT2D eigenvalue weighted by Gasteiger charge is 2.24. The summed E-state index contributed by atoms with van der Waals surface area (Å²) in [5.74, 6) is 5.01. The van der Waals surface area contributed by atoms with Crippen LogP contribution in [0.25, 0.3) is 0 Å². The topological polar surface area (TPSA) is 43.5 Å². The maximum atomic E-state index is 5.72. The Labute approximate surface area is 268 Å². The van der Waals surface area contributed by atoms with Crippen LogP contribution in [0.4, 0.5) is 0 Å². The number of epoxide rings is 2. The van der Waals surface area contributed by atoms with Crippen LogP contribution in [0.1, 0.15) is 79.8 Å². The molecule has 2 heterocycles. The van der Waals surface area contributed by atoms with E-state index in [1.165, 1.54) is 59.1 Å². The minimum absolute atomic E-state index is 0.329. The van der Waals surface area contributed by atoms with E-state index in [1.807, 2.05) is 0 Å². The molecule has 2 atom stereocenters. The fourth-order valence-corrected chi connectivity index (χ4v) is 5.42. The Kier molecular flexibility index (Phi) is 16.2. The third-order valence-electron chi connectivity index (χ3n) is 7.84. The van der Waals surface area contributed by atoms with Gasteiger partial charge in [-0.15, -0.1) is 0 Å². The van der Waals surface area contributed by atoms with Gasteiger partial charge in [-0.1, -0.05) is 69.0 Å². The van der Waals surface area contributed by atoms with Crippen molar-refractivity contribution < 1.29 is 18.9 Å². The highest BCUT2D eigenvalue weighted by Crippen LogP contribution is 2.32. The summed E-state index contributed by atoms with van der Waals surface area (Å²) < 4.78 is 21.7. The first-order valence-corrected chi connectivity index (χ1v) is 21.1. The van der Waals surface area contributed by atoms with Crippen molar-refractivity contribution >= 4 is 37.2 Å². The molecule has 0 N–H and O–H groups in total. The van der Waals surface area contributed by atoms with Crippen molar-refractivity contribution in [3.05, 3.63) is 57.6 Å². The zero-order valence-electron chi connectivity index (χ0n) is 26.2. The van der Waals surface area contributed by atoms with Gasteiger partial charge in [0.1, 0.15) is 36.9 Å². The summed E-state index contributed by atoms with van der Waals surface area (Å²) in [4.78, 5) is 0. The molecule has 0 bridgehead atoms. The Balaban J connectivity index is 0.000000207. The van der Waals surface area contributed by atoms with Crippen molar-refractivity contribution in [3.63, 3.8) is 0 Å². The van der Waals surface area contributed by atoms with Crippen molar-refractivity contribution in [2.45, 2.75) is 100 Å². The van der Waals surface area contributed by atoms with Gasteiger partial charge >= 0.3 is 0 Å². The third-order valence-corrected chi connectivity index (χ3v) is 7.84. The molecule has 2 aliphatic heterocycles. The Morgan fingerprint density at radius 3 is 1.27 bits per heavy atom. The minimum atomic E-state index is 0.329. The molecule has 3 fully saturated rings. The van der Waals surface area contributed by atoms with Crippen molar-refractivity contribution in [1.82, 2.24) is 0 Å². The lowest BCUT2D eigenvalue weighted by Crippen LogP contribution is -2.16. The molecule has 1 aliphatic carbocycles. The first kappa shape index (κ1) is 35.6. The maximum absolute atomic E-state index is 5.72. The number of rotatable bonds is 7. The number of ether oxygens (including phenoxy) is 4. The summed E-state index contributed by atoms with van der Waals surface area (Å²) >= 11 is 4.24. The molecular formula is C34H52I2O4. The standard InChI is InChI=1S/2C12H16O2.C10H20.I2/c2*1-8-4-9(2)12(10(3)5-8)14-7-11-6-13-11;1-8(2)10-6-4-9(3)5-7-10;1-2/h2*4-5,11H,6-7H2,1-3H3;8-10H,4-7H2,1-3H3;. The van der Waals surface area contributed by atoms with E-state index in [1.54, 1.807) is 0 Å². The number of aryl methyl sites for hydroxylation is 6. The van der Waals surface area contributed by atoms with Crippen molar-refractivity contribution in [2.24, 2.45) is 17.8 Å². The summed E-state index contributed by atoms with van der Waals surface area (Å²) in [7, 11) is 0. The van der Waals surface area contributed by atoms with Crippen molar-refractivity contribution in [1.29, 1.82) is 0 Å². The van der Waals surface area contributed by atoms with Gasteiger partial charge in [0.15, 0.2) is 0 Å². The SMILES string of the molecule is CC1CCC(C(C)C)CC1.Cc1cc(C)c(OCC2CO2)c(C)c1.Cc1cc(C)c(OCC2CO2)c(C)c1.II. The molecule has 5 rings (SSSR count). The van der Waals surface area contributed by atoms with Crippen molar-refractivity contribution in [3.8, 4) is 11.5 Å². The van der Waals surface area contributed by atoms with Gasteiger partial charge in [-0.25, -0.2) is 0 Å². The average Bonchev–Trinajstić information content (AvgIpc) is 3.81. The average molecular weight is 779 g/mol.